The van der Waals surface area contributed by atoms with E-state index in [1.54, 1.807) is 27.4 Å². The fourth-order valence-electron chi connectivity index (χ4n) is 3.95. The van der Waals surface area contributed by atoms with Gasteiger partial charge in [0.05, 0.1) is 45.0 Å². The highest BCUT2D eigenvalue weighted by molar-refractivity contribution is 7.79. The lowest BCUT2D eigenvalue weighted by Crippen LogP contribution is -2.11. The molecule has 1 heterocycles. The number of carbonyl (C=O) groups is 1. The van der Waals surface area contributed by atoms with Crippen LogP contribution in [0.2, 0.25) is 0 Å². The lowest BCUT2D eigenvalue weighted by molar-refractivity contribution is -0.118. The molecule has 1 fully saturated rings. The average molecular weight is 508 g/mol. The van der Waals surface area contributed by atoms with Crippen LogP contribution in [0.4, 0.5) is 0 Å². The Balaban J connectivity index is 1.94. The lowest BCUT2D eigenvalue weighted by Gasteiger charge is -2.22. The molecule has 2 aromatic carbocycles. The predicted molar refractivity (Wildman–Crippen MR) is 127 cm³/mol. The number of rotatable bonds is 12. The highest BCUT2D eigenvalue weighted by Crippen LogP contribution is 2.47. The maximum atomic E-state index is 12.0. The van der Waals surface area contributed by atoms with Crippen LogP contribution in [0.5, 0.6) is 28.7 Å². The first-order chi connectivity index (χ1) is 16.8. The van der Waals surface area contributed by atoms with E-state index in [1.165, 1.54) is 13.0 Å². The summed E-state index contributed by atoms with van der Waals surface area (Å²) in [6.07, 6.45) is 1.36. The van der Waals surface area contributed by atoms with Gasteiger partial charge in [0.25, 0.3) is 0 Å². The van der Waals surface area contributed by atoms with Crippen molar-refractivity contribution in [3.8, 4) is 28.7 Å². The Bertz CT molecular complexity index is 1040. The molecule has 35 heavy (non-hydrogen) atoms. The Kier molecular flexibility index (Phi) is 9.36. The molecule has 0 bridgehead atoms. The normalized spacial score (nSPS) is 18.1. The maximum Gasteiger partial charge on any atom is 0.203 e. The standard InChI is InChI=1S/C25H32O9S/c1-6-9-32-25-22(33-14-15(2)26)12-17(13-23(25)35(27)28)19-8-7-18(34-19)16-10-20(29-3)24(31-5)21(11-16)30-4/h10-13,18-19H,6-9,14H2,1-5H3,(H,27,28)/p-1. The summed E-state index contributed by atoms with van der Waals surface area (Å²) in [5.74, 6) is 1.65. The molecule has 0 N–H and O–H groups in total. The Morgan fingerprint density at radius 1 is 0.943 bits per heavy atom. The number of methoxy groups -OCH3 is 3. The molecule has 0 saturated carbocycles. The van der Waals surface area contributed by atoms with Crippen molar-refractivity contribution < 1.29 is 42.0 Å². The molecule has 9 nitrogen and oxygen atoms in total. The molecular weight excluding hydrogens is 476 g/mol. The minimum atomic E-state index is -2.58. The monoisotopic (exact) mass is 507 g/mol. The van der Waals surface area contributed by atoms with Crippen molar-refractivity contribution in [3.05, 3.63) is 35.4 Å². The molecule has 1 aliphatic rings. The van der Waals surface area contributed by atoms with Crippen LogP contribution in [-0.2, 0) is 20.6 Å². The van der Waals surface area contributed by atoms with Crippen LogP contribution in [0, 0.1) is 0 Å². The predicted octanol–water partition coefficient (Wildman–Crippen LogP) is 4.30. The molecule has 0 aliphatic carbocycles. The van der Waals surface area contributed by atoms with Gasteiger partial charge in [-0.1, -0.05) is 6.92 Å². The third-order valence-electron chi connectivity index (χ3n) is 5.55. The summed E-state index contributed by atoms with van der Waals surface area (Å²) in [5.41, 5.74) is 1.48. The van der Waals surface area contributed by atoms with Crippen molar-refractivity contribution in [2.45, 2.75) is 50.2 Å². The first kappa shape index (κ1) is 26.8. The summed E-state index contributed by atoms with van der Waals surface area (Å²) in [4.78, 5) is 11.5. The Morgan fingerprint density at radius 2 is 1.51 bits per heavy atom. The van der Waals surface area contributed by atoms with Gasteiger partial charge in [-0.05, 0) is 72.7 Å². The van der Waals surface area contributed by atoms with E-state index in [1.807, 2.05) is 19.1 Å². The minimum absolute atomic E-state index is 0.0330. The third kappa shape index (κ3) is 6.25. The molecule has 10 heteroatoms. The highest BCUT2D eigenvalue weighted by atomic mass is 32.2. The van der Waals surface area contributed by atoms with Crippen molar-refractivity contribution in [1.29, 1.82) is 0 Å². The smallest absolute Gasteiger partial charge is 0.203 e. The number of hydrogen-bond acceptors (Lipinski definition) is 9. The molecule has 2 aromatic rings. The van der Waals surface area contributed by atoms with Gasteiger partial charge in [0, 0.05) is 0 Å². The van der Waals surface area contributed by atoms with E-state index in [9.17, 15) is 13.6 Å². The summed E-state index contributed by atoms with van der Waals surface area (Å²) in [6, 6.07) is 6.91. The Morgan fingerprint density at radius 3 is 2.00 bits per heavy atom. The van der Waals surface area contributed by atoms with Crippen LogP contribution >= 0.6 is 0 Å². The first-order valence-corrected chi connectivity index (χ1v) is 12.4. The first-order valence-electron chi connectivity index (χ1n) is 11.3. The molecule has 3 rings (SSSR count). The number of Topliss-reactive ketones (excluding diaryl/α,β-unsaturated/α-hetero) is 1. The number of ether oxygens (including phenoxy) is 6. The number of ketones is 1. The lowest BCUT2D eigenvalue weighted by atomic mass is 10.0. The zero-order valence-electron chi connectivity index (χ0n) is 20.6. The van der Waals surface area contributed by atoms with E-state index in [4.69, 9.17) is 28.4 Å². The molecule has 3 atom stereocenters. The van der Waals surface area contributed by atoms with E-state index in [2.05, 4.69) is 0 Å². The van der Waals surface area contributed by atoms with Crippen LogP contribution in [0.15, 0.2) is 29.2 Å². The largest absolute Gasteiger partial charge is 0.768 e. The van der Waals surface area contributed by atoms with Gasteiger partial charge in [-0.25, -0.2) is 0 Å². The summed E-state index contributed by atoms with van der Waals surface area (Å²) >= 11 is -2.58. The molecule has 0 radical (unpaired) electrons. The fourth-order valence-corrected chi connectivity index (χ4v) is 4.50. The summed E-state index contributed by atoms with van der Waals surface area (Å²) < 4.78 is 58.0. The number of hydrogen-bond donors (Lipinski definition) is 0. The molecule has 0 aromatic heterocycles. The van der Waals surface area contributed by atoms with Gasteiger partial charge in [-0.2, -0.15) is 0 Å². The van der Waals surface area contributed by atoms with Crippen molar-refractivity contribution in [3.63, 3.8) is 0 Å². The molecule has 0 amide bonds. The molecule has 192 valence electrons. The van der Waals surface area contributed by atoms with Gasteiger partial charge < -0.3 is 33.0 Å². The van der Waals surface area contributed by atoms with E-state index in [0.717, 1.165) is 5.56 Å². The molecule has 0 spiro atoms. The van der Waals surface area contributed by atoms with Crippen molar-refractivity contribution in [2.75, 3.05) is 34.5 Å². The zero-order valence-corrected chi connectivity index (χ0v) is 21.4. The fraction of sp³-hybridized carbons (Fsp3) is 0.480. The topological polar surface area (TPSA) is 113 Å². The molecule has 3 unspecified atom stereocenters. The van der Waals surface area contributed by atoms with E-state index < -0.39 is 11.1 Å². The molecular formula is C25H31O9S-. The number of benzene rings is 2. The third-order valence-corrected chi connectivity index (χ3v) is 6.22. The quantitative estimate of drug-likeness (QED) is 0.388. The van der Waals surface area contributed by atoms with Crippen LogP contribution < -0.4 is 23.7 Å². The molecule has 1 saturated heterocycles. The second-order valence-electron chi connectivity index (χ2n) is 8.07. The van der Waals surface area contributed by atoms with E-state index in [0.29, 0.717) is 48.7 Å². The summed E-state index contributed by atoms with van der Waals surface area (Å²) in [5, 5.41) is 0. The number of carbonyl (C=O) groups excluding carboxylic acids is 1. The molecule has 1 aliphatic heterocycles. The zero-order chi connectivity index (χ0) is 25.5. The van der Waals surface area contributed by atoms with Gasteiger partial charge >= 0.3 is 0 Å². The van der Waals surface area contributed by atoms with Crippen LogP contribution in [0.3, 0.4) is 0 Å². The maximum absolute atomic E-state index is 12.0. The van der Waals surface area contributed by atoms with Gasteiger partial charge in [-0.3, -0.25) is 9.00 Å². The van der Waals surface area contributed by atoms with Gasteiger partial charge in [-0.15, -0.1) is 0 Å². The van der Waals surface area contributed by atoms with Gasteiger partial charge in [0.15, 0.2) is 28.8 Å². The van der Waals surface area contributed by atoms with Gasteiger partial charge in [0.2, 0.25) is 5.75 Å². The van der Waals surface area contributed by atoms with Crippen LogP contribution in [-0.4, -0.2) is 49.1 Å². The SMILES string of the molecule is CCCOc1c(OCC(C)=O)cc(C2CCC(c3cc(OC)c(OC)c(OC)c3)O2)cc1S(=O)[O-]. The van der Waals surface area contributed by atoms with Crippen LogP contribution in [0.25, 0.3) is 0 Å². The van der Waals surface area contributed by atoms with E-state index >= 15 is 0 Å². The van der Waals surface area contributed by atoms with Crippen molar-refractivity contribution >= 4 is 16.9 Å². The van der Waals surface area contributed by atoms with E-state index in [-0.39, 0.29) is 41.0 Å². The second-order valence-corrected chi connectivity index (χ2v) is 8.98. The Hall–Kier alpha value is -2.82. The van der Waals surface area contributed by atoms with Crippen molar-refractivity contribution in [2.24, 2.45) is 0 Å². The summed E-state index contributed by atoms with van der Waals surface area (Å²) in [7, 11) is 4.64. The minimum Gasteiger partial charge on any atom is -0.768 e. The van der Waals surface area contributed by atoms with Crippen molar-refractivity contribution in [1.82, 2.24) is 0 Å². The van der Waals surface area contributed by atoms with Crippen LogP contribution in [0.1, 0.15) is 56.4 Å². The Labute approximate surface area is 207 Å². The average Bonchev–Trinajstić information content (AvgIpc) is 3.35. The second kappa shape index (κ2) is 12.2. The highest BCUT2D eigenvalue weighted by Gasteiger charge is 2.31. The summed E-state index contributed by atoms with van der Waals surface area (Å²) in [6.45, 7) is 3.42. The van der Waals surface area contributed by atoms with Gasteiger partial charge in [0.1, 0.15) is 6.61 Å².